The molecule has 4 aliphatic rings. The van der Waals surface area contributed by atoms with Gasteiger partial charge in [-0.2, -0.15) is 5.10 Å². The first kappa shape index (κ1) is 22.8. The molecule has 4 fully saturated rings. The van der Waals surface area contributed by atoms with Crippen molar-refractivity contribution in [1.82, 2.24) is 24.8 Å². The van der Waals surface area contributed by atoms with Crippen LogP contribution < -0.4 is 11.1 Å². The van der Waals surface area contributed by atoms with Crippen LogP contribution in [0.1, 0.15) is 81.1 Å². The molecule has 2 aromatic rings. The molecule has 2 amide bonds. The number of nitrogens with two attached hydrogens (primary N) is 1. The molecule has 6 rings (SSSR count). The molecular formula is C23H31ClF2N6O. The lowest BCUT2D eigenvalue weighted by atomic mass is 9.81. The van der Waals surface area contributed by atoms with Crippen molar-refractivity contribution in [2.75, 3.05) is 6.54 Å². The van der Waals surface area contributed by atoms with E-state index in [-0.39, 0.29) is 54.8 Å². The zero-order valence-corrected chi connectivity index (χ0v) is 19.4. The Kier molecular flexibility index (Phi) is 5.55. The van der Waals surface area contributed by atoms with E-state index in [4.69, 9.17) is 10.7 Å². The molecule has 3 saturated carbocycles. The molecule has 33 heavy (non-hydrogen) atoms. The van der Waals surface area contributed by atoms with Gasteiger partial charge in [0.1, 0.15) is 0 Å². The summed E-state index contributed by atoms with van der Waals surface area (Å²) in [6.07, 6.45) is 9.66. The number of imidazole rings is 1. The summed E-state index contributed by atoms with van der Waals surface area (Å²) in [5.74, 6) is -2.10. The second-order valence-corrected chi connectivity index (χ2v) is 10.4. The molecule has 2 aromatic heterocycles. The van der Waals surface area contributed by atoms with E-state index in [1.54, 1.807) is 4.52 Å². The molecule has 3 heterocycles. The Balaban J connectivity index is 0.00000228. The van der Waals surface area contributed by atoms with Gasteiger partial charge >= 0.3 is 6.03 Å². The lowest BCUT2D eigenvalue weighted by Crippen LogP contribution is -2.54. The molecule has 3 aliphatic carbocycles. The first-order valence-corrected chi connectivity index (χ1v) is 11.9. The first-order chi connectivity index (χ1) is 15.3. The van der Waals surface area contributed by atoms with Crippen LogP contribution in [0.5, 0.6) is 0 Å². The highest BCUT2D eigenvalue weighted by Crippen LogP contribution is 2.48. The maximum Gasteiger partial charge on any atom is 0.318 e. The Morgan fingerprint density at radius 1 is 1.09 bits per heavy atom. The van der Waals surface area contributed by atoms with Crippen LogP contribution in [0, 0.1) is 11.8 Å². The Hall–Kier alpha value is -2.00. The Labute approximate surface area is 197 Å². The lowest BCUT2D eigenvalue weighted by molar-refractivity contribution is -0.0484. The van der Waals surface area contributed by atoms with Gasteiger partial charge in [0.05, 0.1) is 30.2 Å². The maximum absolute atomic E-state index is 13.5. The minimum atomic E-state index is -2.57. The summed E-state index contributed by atoms with van der Waals surface area (Å²) in [5, 5.41) is 7.79. The fourth-order valence-electron chi connectivity index (χ4n) is 5.60. The number of fused-ring (bicyclic) bond motifs is 1. The predicted molar refractivity (Wildman–Crippen MR) is 121 cm³/mol. The number of nitrogens with one attached hydrogen (secondary N) is 1. The Bertz CT molecular complexity index is 1040. The highest BCUT2D eigenvalue weighted by molar-refractivity contribution is 5.85. The van der Waals surface area contributed by atoms with Crippen LogP contribution in [0.25, 0.3) is 5.65 Å². The van der Waals surface area contributed by atoms with Gasteiger partial charge in [0.15, 0.2) is 5.65 Å². The van der Waals surface area contributed by atoms with E-state index in [2.05, 4.69) is 10.4 Å². The molecule has 0 radical (unpaired) electrons. The zero-order valence-electron chi connectivity index (χ0n) is 18.6. The number of aromatic nitrogens is 3. The number of halogens is 3. The molecule has 1 unspecified atom stereocenters. The summed E-state index contributed by atoms with van der Waals surface area (Å²) >= 11 is 0. The summed E-state index contributed by atoms with van der Waals surface area (Å²) < 4.78 is 28.8. The van der Waals surface area contributed by atoms with Crippen LogP contribution in [-0.2, 0) is 0 Å². The number of amides is 2. The standard InChI is InChI=1S/C23H30F2N6O.ClH/c24-23(25)5-3-14(4-6-23)19(26)17-13-31-18(28-17)11-16(12-27-31)20(15-1-2-15)30-10-9-22(7-8-22)29-21(30)32;/h11-15,19-20H,1-10,26H2,(H,29,32);1H/t19?,20-;/m1./s1. The van der Waals surface area contributed by atoms with Crippen LogP contribution >= 0.6 is 12.4 Å². The largest absolute Gasteiger partial charge is 0.332 e. The van der Waals surface area contributed by atoms with Gasteiger partial charge in [0, 0.05) is 24.9 Å². The normalized spacial score (nSPS) is 26.0. The quantitative estimate of drug-likeness (QED) is 0.664. The van der Waals surface area contributed by atoms with Crippen molar-refractivity contribution in [3.63, 3.8) is 0 Å². The molecule has 1 saturated heterocycles. The molecule has 0 bridgehead atoms. The molecule has 0 aromatic carbocycles. The smallest absolute Gasteiger partial charge is 0.318 e. The maximum atomic E-state index is 13.5. The zero-order chi connectivity index (χ0) is 22.1. The van der Waals surface area contributed by atoms with Crippen molar-refractivity contribution in [3.05, 3.63) is 29.7 Å². The van der Waals surface area contributed by atoms with Crippen molar-refractivity contribution in [3.8, 4) is 0 Å². The van der Waals surface area contributed by atoms with Crippen LogP contribution in [0.4, 0.5) is 13.6 Å². The molecule has 1 aliphatic heterocycles. The van der Waals surface area contributed by atoms with Gasteiger partial charge < -0.3 is 16.0 Å². The van der Waals surface area contributed by atoms with Gasteiger partial charge in [-0.3, -0.25) is 0 Å². The number of alkyl halides is 2. The van der Waals surface area contributed by atoms with Gasteiger partial charge in [0.25, 0.3) is 0 Å². The number of rotatable bonds is 5. The highest BCUT2D eigenvalue weighted by atomic mass is 35.5. The molecule has 7 nitrogen and oxygen atoms in total. The predicted octanol–water partition coefficient (Wildman–Crippen LogP) is 4.38. The van der Waals surface area contributed by atoms with E-state index in [1.165, 1.54) is 0 Å². The molecular weight excluding hydrogens is 450 g/mol. The van der Waals surface area contributed by atoms with Crippen molar-refractivity contribution in [2.45, 2.75) is 81.3 Å². The van der Waals surface area contributed by atoms with E-state index in [0.29, 0.717) is 30.1 Å². The minimum absolute atomic E-state index is 0. The van der Waals surface area contributed by atoms with E-state index in [9.17, 15) is 13.6 Å². The number of hydrogen-bond acceptors (Lipinski definition) is 4. The number of carbonyl (C=O) groups is 1. The second-order valence-electron chi connectivity index (χ2n) is 10.4. The van der Waals surface area contributed by atoms with Crippen molar-refractivity contribution >= 4 is 24.1 Å². The summed E-state index contributed by atoms with van der Waals surface area (Å²) in [6.45, 7) is 0.773. The van der Waals surface area contributed by atoms with E-state index in [0.717, 1.165) is 44.2 Å². The minimum Gasteiger partial charge on any atom is -0.332 e. The van der Waals surface area contributed by atoms with E-state index < -0.39 is 5.92 Å². The topological polar surface area (TPSA) is 88.5 Å². The monoisotopic (exact) mass is 480 g/mol. The SMILES string of the molecule is Cl.NC(c1cn2ncc([C@@H](C3CC3)N3CCC4(CC4)NC3=O)cc2n1)C1CCC(F)(F)CC1. The van der Waals surface area contributed by atoms with Gasteiger partial charge in [-0.05, 0) is 68.4 Å². The van der Waals surface area contributed by atoms with Crippen molar-refractivity contribution in [2.24, 2.45) is 17.6 Å². The molecule has 3 N–H and O–H groups in total. The molecule has 2 atom stereocenters. The van der Waals surface area contributed by atoms with Crippen molar-refractivity contribution < 1.29 is 13.6 Å². The van der Waals surface area contributed by atoms with Crippen LogP contribution in [0.2, 0.25) is 0 Å². The van der Waals surface area contributed by atoms with Gasteiger partial charge in [-0.1, -0.05) is 0 Å². The molecule has 10 heteroatoms. The third-order valence-electron chi connectivity index (χ3n) is 8.03. The summed E-state index contributed by atoms with van der Waals surface area (Å²) in [4.78, 5) is 19.6. The van der Waals surface area contributed by atoms with Crippen molar-refractivity contribution in [1.29, 1.82) is 0 Å². The molecule has 180 valence electrons. The van der Waals surface area contributed by atoms with Gasteiger partial charge in [-0.25, -0.2) is 23.1 Å². The van der Waals surface area contributed by atoms with E-state index in [1.807, 2.05) is 23.4 Å². The Morgan fingerprint density at radius 3 is 2.45 bits per heavy atom. The first-order valence-electron chi connectivity index (χ1n) is 11.9. The third kappa shape index (κ3) is 4.30. The fourth-order valence-corrected chi connectivity index (χ4v) is 5.60. The highest BCUT2D eigenvalue weighted by Gasteiger charge is 2.50. The average Bonchev–Trinajstić information content (AvgIpc) is 3.68. The third-order valence-corrected chi connectivity index (χ3v) is 8.03. The summed E-state index contributed by atoms with van der Waals surface area (Å²) in [7, 11) is 0. The summed E-state index contributed by atoms with van der Waals surface area (Å²) in [6, 6.07) is 1.68. The lowest BCUT2D eigenvalue weighted by Gasteiger charge is -2.38. The average molecular weight is 481 g/mol. The van der Waals surface area contributed by atoms with Crippen LogP contribution in [0.3, 0.4) is 0 Å². The Morgan fingerprint density at radius 2 is 1.82 bits per heavy atom. The van der Waals surface area contributed by atoms with Gasteiger partial charge in [0.2, 0.25) is 5.92 Å². The second kappa shape index (κ2) is 8.05. The van der Waals surface area contributed by atoms with E-state index >= 15 is 0 Å². The van der Waals surface area contributed by atoms with Gasteiger partial charge in [-0.15, -0.1) is 12.4 Å². The number of urea groups is 1. The van der Waals surface area contributed by atoms with Crippen LogP contribution in [0.15, 0.2) is 18.5 Å². The number of carbonyl (C=O) groups excluding carboxylic acids is 1. The summed E-state index contributed by atoms with van der Waals surface area (Å²) in [5.41, 5.74) is 8.88. The number of hydrogen-bond donors (Lipinski definition) is 2. The molecule has 1 spiro atoms. The number of nitrogens with zero attached hydrogens (tertiary/aromatic N) is 4. The van der Waals surface area contributed by atoms with Crippen LogP contribution in [-0.4, -0.2) is 43.5 Å². The fraction of sp³-hybridized carbons (Fsp3) is 0.696.